The van der Waals surface area contributed by atoms with Crippen LogP contribution in [0.2, 0.25) is 0 Å². The fourth-order valence-corrected chi connectivity index (χ4v) is 2.64. The summed E-state index contributed by atoms with van der Waals surface area (Å²) < 4.78 is 18.9. The van der Waals surface area contributed by atoms with Gasteiger partial charge in [-0.25, -0.2) is 9.37 Å². The van der Waals surface area contributed by atoms with Crippen molar-refractivity contribution < 1.29 is 13.9 Å². The van der Waals surface area contributed by atoms with Crippen molar-refractivity contribution in [3.05, 3.63) is 72.2 Å². The van der Waals surface area contributed by atoms with Gasteiger partial charge in [-0.15, -0.1) is 0 Å². The molecule has 5 nitrogen and oxygen atoms in total. The number of carbonyl (C=O) groups excluding carboxylic acids is 1. The second-order valence-corrected chi connectivity index (χ2v) is 6.43. The van der Waals surface area contributed by atoms with Crippen LogP contribution in [0.15, 0.2) is 60.8 Å². The largest absolute Gasteiger partial charge is 0.439 e. The third kappa shape index (κ3) is 4.91. The van der Waals surface area contributed by atoms with Gasteiger partial charge in [0.05, 0.1) is 0 Å². The average Bonchev–Trinajstić information content (AvgIpc) is 2.73. The van der Waals surface area contributed by atoms with Crippen LogP contribution in [0.3, 0.4) is 0 Å². The molecule has 0 atom stereocenters. The molecule has 6 heteroatoms. The van der Waals surface area contributed by atoms with Crippen molar-refractivity contribution in [2.45, 2.75) is 19.8 Å². The molecule has 2 aromatic carbocycles. The molecule has 0 bridgehead atoms. The van der Waals surface area contributed by atoms with Crippen LogP contribution in [0.25, 0.3) is 11.4 Å². The van der Waals surface area contributed by atoms with Crippen LogP contribution in [-0.2, 0) is 0 Å². The Bertz CT molecular complexity index is 927. The predicted molar refractivity (Wildman–Crippen MR) is 106 cm³/mol. The van der Waals surface area contributed by atoms with Gasteiger partial charge in [0.2, 0.25) is 5.88 Å². The molecule has 0 aliphatic rings. The minimum Gasteiger partial charge on any atom is -0.439 e. The second-order valence-electron chi connectivity index (χ2n) is 6.43. The van der Waals surface area contributed by atoms with Gasteiger partial charge in [-0.05, 0) is 55.0 Å². The van der Waals surface area contributed by atoms with Crippen molar-refractivity contribution in [1.82, 2.24) is 14.9 Å². The maximum Gasteiger partial charge on any atom is 0.253 e. The Hall–Kier alpha value is -3.28. The zero-order valence-electron chi connectivity index (χ0n) is 15.9. The van der Waals surface area contributed by atoms with E-state index in [1.807, 2.05) is 0 Å². The minimum absolute atomic E-state index is 0.0133. The second kappa shape index (κ2) is 9.08. The van der Waals surface area contributed by atoms with Crippen LogP contribution >= 0.6 is 0 Å². The lowest BCUT2D eigenvalue weighted by atomic mass is 10.2. The molecular formula is C22H22FN3O2. The molecule has 0 N–H and O–H groups in total. The number of hydrogen-bond acceptors (Lipinski definition) is 4. The highest BCUT2D eigenvalue weighted by Gasteiger charge is 2.11. The standard InChI is InChI=1S/C22H22FN3O2/c1-3-4-15-26(2)22(27)17-7-11-19(12-8-17)28-20-13-14-24-21(25-20)16-5-9-18(23)10-6-16/h5-14H,3-4,15H2,1-2H3. The summed E-state index contributed by atoms with van der Waals surface area (Å²) in [5.74, 6) is 1.05. The molecule has 0 spiro atoms. The molecule has 1 aromatic heterocycles. The maximum absolute atomic E-state index is 13.1. The molecule has 0 radical (unpaired) electrons. The highest BCUT2D eigenvalue weighted by atomic mass is 19.1. The number of aromatic nitrogens is 2. The first-order valence-corrected chi connectivity index (χ1v) is 9.19. The quantitative estimate of drug-likeness (QED) is 0.583. The molecule has 28 heavy (non-hydrogen) atoms. The van der Waals surface area contributed by atoms with E-state index in [4.69, 9.17) is 4.74 Å². The Morgan fingerprint density at radius 2 is 1.79 bits per heavy atom. The minimum atomic E-state index is -0.314. The molecule has 0 saturated carbocycles. The van der Waals surface area contributed by atoms with Crippen LogP contribution in [-0.4, -0.2) is 34.4 Å². The molecule has 0 aliphatic heterocycles. The smallest absolute Gasteiger partial charge is 0.253 e. The summed E-state index contributed by atoms with van der Waals surface area (Å²) in [5.41, 5.74) is 1.31. The highest BCUT2D eigenvalue weighted by molar-refractivity contribution is 5.94. The Labute approximate surface area is 163 Å². The molecule has 3 rings (SSSR count). The summed E-state index contributed by atoms with van der Waals surface area (Å²) >= 11 is 0. The summed E-state index contributed by atoms with van der Waals surface area (Å²) in [6.07, 6.45) is 3.61. The fraction of sp³-hybridized carbons (Fsp3) is 0.227. The Balaban J connectivity index is 1.70. The van der Waals surface area contributed by atoms with Gasteiger partial charge in [-0.3, -0.25) is 4.79 Å². The molecule has 144 valence electrons. The Morgan fingerprint density at radius 3 is 2.46 bits per heavy atom. The van der Waals surface area contributed by atoms with Gasteiger partial charge in [-0.2, -0.15) is 4.98 Å². The summed E-state index contributed by atoms with van der Waals surface area (Å²) in [7, 11) is 1.81. The summed E-state index contributed by atoms with van der Waals surface area (Å²) in [5, 5.41) is 0. The van der Waals surface area contributed by atoms with E-state index in [-0.39, 0.29) is 11.7 Å². The zero-order valence-corrected chi connectivity index (χ0v) is 15.9. The van der Waals surface area contributed by atoms with E-state index in [1.54, 1.807) is 60.6 Å². The van der Waals surface area contributed by atoms with E-state index in [2.05, 4.69) is 16.9 Å². The third-order valence-electron chi connectivity index (χ3n) is 4.25. The van der Waals surface area contributed by atoms with E-state index in [9.17, 15) is 9.18 Å². The van der Waals surface area contributed by atoms with E-state index < -0.39 is 0 Å². The lowest BCUT2D eigenvalue weighted by Gasteiger charge is -2.16. The number of rotatable bonds is 7. The first-order chi connectivity index (χ1) is 13.6. The van der Waals surface area contributed by atoms with Crippen LogP contribution in [0.5, 0.6) is 11.6 Å². The van der Waals surface area contributed by atoms with E-state index in [0.29, 0.717) is 28.6 Å². The first kappa shape index (κ1) is 19.5. The lowest BCUT2D eigenvalue weighted by Crippen LogP contribution is -2.27. The van der Waals surface area contributed by atoms with Crippen molar-refractivity contribution in [3.8, 4) is 23.0 Å². The van der Waals surface area contributed by atoms with Crippen molar-refractivity contribution in [2.24, 2.45) is 0 Å². The van der Waals surface area contributed by atoms with Crippen LogP contribution in [0.4, 0.5) is 4.39 Å². The number of halogens is 1. The van der Waals surface area contributed by atoms with Crippen LogP contribution in [0, 0.1) is 5.82 Å². The number of unbranched alkanes of at least 4 members (excludes halogenated alkanes) is 1. The Kier molecular flexibility index (Phi) is 6.32. The predicted octanol–water partition coefficient (Wildman–Crippen LogP) is 4.95. The maximum atomic E-state index is 13.1. The molecule has 3 aromatic rings. The monoisotopic (exact) mass is 379 g/mol. The SMILES string of the molecule is CCCCN(C)C(=O)c1ccc(Oc2ccnc(-c3ccc(F)cc3)n2)cc1. The molecule has 1 amide bonds. The van der Waals surface area contributed by atoms with E-state index in [1.165, 1.54) is 12.1 Å². The first-order valence-electron chi connectivity index (χ1n) is 9.19. The number of hydrogen-bond donors (Lipinski definition) is 0. The highest BCUT2D eigenvalue weighted by Crippen LogP contribution is 2.23. The number of nitrogens with zero attached hydrogens (tertiary/aromatic N) is 3. The fourth-order valence-electron chi connectivity index (χ4n) is 2.64. The van der Waals surface area contributed by atoms with Gasteiger partial charge in [0.1, 0.15) is 11.6 Å². The Morgan fingerprint density at radius 1 is 1.07 bits per heavy atom. The van der Waals surface area contributed by atoms with Crippen molar-refractivity contribution in [3.63, 3.8) is 0 Å². The van der Waals surface area contributed by atoms with Crippen molar-refractivity contribution in [2.75, 3.05) is 13.6 Å². The third-order valence-corrected chi connectivity index (χ3v) is 4.25. The van der Waals surface area contributed by atoms with Crippen LogP contribution < -0.4 is 4.74 Å². The van der Waals surface area contributed by atoms with Crippen LogP contribution in [0.1, 0.15) is 30.1 Å². The number of carbonyl (C=O) groups is 1. The summed E-state index contributed by atoms with van der Waals surface area (Å²) in [6.45, 7) is 2.83. The summed E-state index contributed by atoms with van der Waals surface area (Å²) in [6, 6.07) is 14.5. The van der Waals surface area contributed by atoms with Gasteiger partial charge >= 0.3 is 0 Å². The van der Waals surface area contributed by atoms with Gasteiger partial charge < -0.3 is 9.64 Å². The zero-order chi connectivity index (χ0) is 19.9. The van der Waals surface area contributed by atoms with Crippen molar-refractivity contribution in [1.29, 1.82) is 0 Å². The normalized spacial score (nSPS) is 10.5. The van der Waals surface area contributed by atoms with Gasteiger partial charge in [0.25, 0.3) is 5.91 Å². The molecular weight excluding hydrogens is 357 g/mol. The molecule has 0 unspecified atom stereocenters. The van der Waals surface area contributed by atoms with Gasteiger partial charge in [0, 0.05) is 37.0 Å². The van der Waals surface area contributed by atoms with Crippen molar-refractivity contribution >= 4 is 5.91 Å². The molecule has 1 heterocycles. The number of amides is 1. The average molecular weight is 379 g/mol. The van der Waals surface area contributed by atoms with E-state index >= 15 is 0 Å². The molecule has 0 fully saturated rings. The summed E-state index contributed by atoms with van der Waals surface area (Å²) in [4.78, 5) is 22.7. The van der Waals surface area contributed by atoms with Gasteiger partial charge in [0.15, 0.2) is 5.82 Å². The van der Waals surface area contributed by atoms with E-state index in [0.717, 1.165) is 19.4 Å². The molecule has 0 aliphatic carbocycles. The topological polar surface area (TPSA) is 55.3 Å². The molecule has 0 saturated heterocycles. The van der Waals surface area contributed by atoms with Gasteiger partial charge in [-0.1, -0.05) is 13.3 Å². The lowest BCUT2D eigenvalue weighted by molar-refractivity contribution is 0.0793. The number of ether oxygens (including phenoxy) is 1. The number of benzene rings is 2.